The Bertz CT molecular complexity index is 1550. The van der Waals surface area contributed by atoms with Crippen molar-refractivity contribution in [2.75, 3.05) is 11.9 Å². The van der Waals surface area contributed by atoms with E-state index in [4.69, 9.17) is 4.98 Å². The second kappa shape index (κ2) is 9.14. The molecule has 0 amide bonds. The fourth-order valence-corrected chi connectivity index (χ4v) is 4.40. The van der Waals surface area contributed by atoms with E-state index in [1.54, 1.807) is 41.8 Å². The van der Waals surface area contributed by atoms with Crippen molar-refractivity contribution in [1.29, 1.82) is 0 Å². The molecule has 0 aliphatic carbocycles. The second-order valence-electron chi connectivity index (χ2n) is 8.44. The summed E-state index contributed by atoms with van der Waals surface area (Å²) in [5.41, 5.74) is 3.63. The third-order valence-electron chi connectivity index (χ3n) is 6.22. The summed E-state index contributed by atoms with van der Waals surface area (Å²) in [6.07, 6.45) is 0. The van der Waals surface area contributed by atoms with E-state index < -0.39 is 6.04 Å². The highest BCUT2D eigenvalue weighted by atomic mass is 19.1. The highest BCUT2D eigenvalue weighted by molar-refractivity contribution is 5.83. The molecule has 0 aliphatic heterocycles. The Morgan fingerprint density at radius 3 is 2.00 bits per heavy atom. The van der Waals surface area contributed by atoms with E-state index in [1.807, 2.05) is 54.4 Å². The van der Waals surface area contributed by atoms with Gasteiger partial charge in [-0.3, -0.25) is 9.36 Å². The molecule has 174 valence electrons. The standard InChI is InChI=1S/C29H23F2N3O/c1-19-32-27-17-16-25(33(2)24-14-12-23(31)13-15-24)18-26(27)29(35)34(19)28(20-6-4-3-5-7-20)21-8-10-22(30)11-9-21/h3-18,28H,1-2H3. The zero-order valence-electron chi connectivity index (χ0n) is 19.3. The lowest BCUT2D eigenvalue weighted by atomic mass is 9.98. The second-order valence-corrected chi connectivity index (χ2v) is 8.44. The predicted octanol–water partition coefficient (Wildman–Crippen LogP) is 6.39. The first kappa shape index (κ1) is 22.5. The third-order valence-corrected chi connectivity index (χ3v) is 6.22. The van der Waals surface area contributed by atoms with Crippen LogP contribution in [0, 0.1) is 18.6 Å². The molecular weight excluding hydrogens is 444 g/mol. The first-order chi connectivity index (χ1) is 16.9. The molecule has 4 nitrogen and oxygen atoms in total. The highest BCUT2D eigenvalue weighted by Crippen LogP contribution is 2.29. The monoisotopic (exact) mass is 467 g/mol. The number of fused-ring (bicyclic) bond motifs is 1. The minimum absolute atomic E-state index is 0.194. The summed E-state index contributed by atoms with van der Waals surface area (Å²) >= 11 is 0. The van der Waals surface area contributed by atoms with Gasteiger partial charge in [0.25, 0.3) is 5.56 Å². The number of hydrogen-bond donors (Lipinski definition) is 0. The molecule has 5 rings (SSSR count). The van der Waals surface area contributed by atoms with E-state index in [2.05, 4.69) is 0 Å². The Balaban J connectivity index is 1.69. The van der Waals surface area contributed by atoms with Gasteiger partial charge in [0.1, 0.15) is 17.5 Å². The van der Waals surface area contributed by atoms with Crippen molar-refractivity contribution in [3.05, 3.63) is 136 Å². The van der Waals surface area contributed by atoms with Crippen LogP contribution in [-0.4, -0.2) is 16.6 Å². The van der Waals surface area contributed by atoms with E-state index >= 15 is 0 Å². The zero-order chi connectivity index (χ0) is 24.5. The molecule has 6 heteroatoms. The van der Waals surface area contributed by atoms with Crippen molar-refractivity contribution >= 4 is 22.3 Å². The van der Waals surface area contributed by atoms with Gasteiger partial charge in [0.15, 0.2) is 0 Å². The van der Waals surface area contributed by atoms with Gasteiger partial charge in [-0.2, -0.15) is 0 Å². The van der Waals surface area contributed by atoms with Crippen molar-refractivity contribution in [2.45, 2.75) is 13.0 Å². The molecule has 1 heterocycles. The molecule has 0 N–H and O–H groups in total. The summed E-state index contributed by atoms with van der Waals surface area (Å²) in [5, 5.41) is 0.463. The van der Waals surface area contributed by atoms with Gasteiger partial charge < -0.3 is 4.90 Å². The van der Waals surface area contributed by atoms with E-state index in [1.165, 1.54) is 24.3 Å². The highest BCUT2D eigenvalue weighted by Gasteiger charge is 2.22. The van der Waals surface area contributed by atoms with E-state index in [9.17, 15) is 13.6 Å². The average molecular weight is 468 g/mol. The summed E-state index contributed by atoms with van der Waals surface area (Å²) in [5.74, 6) is -0.0916. The van der Waals surface area contributed by atoms with Crippen LogP contribution in [0.1, 0.15) is 23.0 Å². The number of benzene rings is 4. The molecule has 0 aliphatic rings. The molecule has 35 heavy (non-hydrogen) atoms. The lowest BCUT2D eigenvalue weighted by Crippen LogP contribution is -2.29. The lowest BCUT2D eigenvalue weighted by molar-refractivity contribution is 0.608. The number of hydrogen-bond acceptors (Lipinski definition) is 3. The summed E-state index contributed by atoms with van der Waals surface area (Å²) in [6.45, 7) is 1.80. The van der Waals surface area contributed by atoms with Crippen LogP contribution in [0.15, 0.2) is 102 Å². The van der Waals surface area contributed by atoms with Crippen molar-refractivity contribution in [1.82, 2.24) is 9.55 Å². The number of nitrogens with zero attached hydrogens (tertiary/aromatic N) is 3. The predicted molar refractivity (Wildman–Crippen MR) is 135 cm³/mol. The van der Waals surface area contributed by atoms with Crippen LogP contribution in [0.5, 0.6) is 0 Å². The third kappa shape index (κ3) is 4.30. The van der Waals surface area contributed by atoms with Gasteiger partial charge in [-0.25, -0.2) is 13.8 Å². The van der Waals surface area contributed by atoms with Crippen LogP contribution in [-0.2, 0) is 0 Å². The molecule has 0 bridgehead atoms. The molecule has 0 radical (unpaired) electrons. The van der Waals surface area contributed by atoms with Crippen molar-refractivity contribution in [3.63, 3.8) is 0 Å². The Labute approximate surface area is 201 Å². The Morgan fingerprint density at radius 2 is 1.34 bits per heavy atom. The first-order valence-electron chi connectivity index (χ1n) is 11.2. The summed E-state index contributed by atoms with van der Waals surface area (Å²) < 4.78 is 28.7. The van der Waals surface area contributed by atoms with Crippen molar-refractivity contribution < 1.29 is 8.78 Å². The molecule has 4 aromatic carbocycles. The first-order valence-corrected chi connectivity index (χ1v) is 11.2. The van der Waals surface area contributed by atoms with Gasteiger partial charge in [-0.1, -0.05) is 42.5 Å². The number of halogens is 2. The van der Waals surface area contributed by atoms with Gasteiger partial charge >= 0.3 is 0 Å². The van der Waals surface area contributed by atoms with Crippen molar-refractivity contribution in [3.8, 4) is 0 Å². The molecular formula is C29H23F2N3O. The molecule has 0 saturated carbocycles. The molecule has 1 unspecified atom stereocenters. The molecule has 1 aromatic heterocycles. The maximum absolute atomic E-state index is 13.9. The number of aromatic nitrogens is 2. The average Bonchev–Trinajstić information content (AvgIpc) is 2.88. The van der Waals surface area contributed by atoms with E-state index in [-0.39, 0.29) is 17.2 Å². The topological polar surface area (TPSA) is 38.1 Å². The summed E-state index contributed by atoms with van der Waals surface area (Å²) in [7, 11) is 1.86. The molecule has 5 aromatic rings. The van der Waals surface area contributed by atoms with Gasteiger partial charge in [-0.15, -0.1) is 0 Å². The van der Waals surface area contributed by atoms with Gasteiger partial charge in [0, 0.05) is 18.4 Å². The smallest absolute Gasteiger partial charge is 0.262 e. The maximum Gasteiger partial charge on any atom is 0.262 e. The van der Waals surface area contributed by atoms with Crippen LogP contribution >= 0.6 is 0 Å². The number of rotatable bonds is 5. The SMILES string of the molecule is Cc1nc2ccc(N(C)c3ccc(F)cc3)cc2c(=O)n1C(c1ccccc1)c1ccc(F)cc1. The largest absolute Gasteiger partial charge is 0.345 e. The summed E-state index contributed by atoms with van der Waals surface area (Å²) in [6, 6.07) is 27.0. The minimum atomic E-state index is -0.473. The number of anilines is 2. The van der Waals surface area contributed by atoms with Gasteiger partial charge in [0.2, 0.25) is 0 Å². The minimum Gasteiger partial charge on any atom is -0.345 e. The van der Waals surface area contributed by atoms with Gasteiger partial charge in [0.05, 0.1) is 16.9 Å². The van der Waals surface area contributed by atoms with Crippen LogP contribution in [0.3, 0.4) is 0 Å². The van der Waals surface area contributed by atoms with Gasteiger partial charge in [-0.05, 0) is 72.6 Å². The quantitative estimate of drug-likeness (QED) is 0.301. The Hall–Kier alpha value is -4.32. The van der Waals surface area contributed by atoms with Crippen molar-refractivity contribution in [2.24, 2.45) is 0 Å². The fourth-order valence-electron chi connectivity index (χ4n) is 4.40. The zero-order valence-corrected chi connectivity index (χ0v) is 19.3. The van der Waals surface area contributed by atoms with Crippen LogP contribution in [0.4, 0.5) is 20.2 Å². The Morgan fingerprint density at radius 1 is 0.771 bits per heavy atom. The lowest BCUT2D eigenvalue weighted by Gasteiger charge is -2.24. The molecule has 0 fully saturated rings. The van der Waals surface area contributed by atoms with E-state index in [0.29, 0.717) is 16.7 Å². The maximum atomic E-state index is 13.9. The molecule has 0 saturated heterocycles. The number of aryl methyl sites for hydroxylation is 1. The Kier molecular flexibility index (Phi) is 5.87. The molecule has 0 spiro atoms. The molecule has 1 atom stereocenters. The van der Waals surface area contributed by atoms with Crippen LogP contribution in [0.25, 0.3) is 10.9 Å². The van der Waals surface area contributed by atoms with E-state index in [0.717, 1.165) is 22.5 Å². The van der Waals surface area contributed by atoms with Crippen LogP contribution < -0.4 is 10.5 Å². The summed E-state index contributed by atoms with van der Waals surface area (Å²) in [4.78, 5) is 20.6. The normalized spacial score (nSPS) is 12.0. The van der Waals surface area contributed by atoms with Crippen LogP contribution in [0.2, 0.25) is 0 Å². The fraction of sp³-hybridized carbons (Fsp3) is 0.103.